The molecule has 9 heteroatoms. The van der Waals surface area contributed by atoms with E-state index >= 15 is 0 Å². The predicted molar refractivity (Wildman–Crippen MR) is 141 cm³/mol. The van der Waals surface area contributed by atoms with Crippen molar-refractivity contribution >= 4 is 39.9 Å². The highest BCUT2D eigenvalue weighted by Crippen LogP contribution is 2.31. The van der Waals surface area contributed by atoms with Gasteiger partial charge in [0.05, 0.1) is 24.8 Å². The van der Waals surface area contributed by atoms with Gasteiger partial charge in [0, 0.05) is 49.2 Å². The van der Waals surface area contributed by atoms with Crippen LogP contribution in [0.5, 0.6) is 5.75 Å². The van der Waals surface area contributed by atoms with Crippen molar-refractivity contribution in [3.8, 4) is 5.75 Å². The molecule has 1 amide bonds. The van der Waals surface area contributed by atoms with E-state index in [0.717, 1.165) is 58.9 Å². The Bertz CT molecular complexity index is 1210. The van der Waals surface area contributed by atoms with Crippen molar-refractivity contribution in [3.63, 3.8) is 0 Å². The van der Waals surface area contributed by atoms with Crippen molar-refractivity contribution in [3.05, 3.63) is 47.3 Å². The smallest absolute Gasteiger partial charge is 0.234 e. The molecule has 1 N–H and O–H groups in total. The molecule has 3 aliphatic heterocycles. The number of hydrogen-bond donors (Lipinski definition) is 1. The summed E-state index contributed by atoms with van der Waals surface area (Å²) in [5.41, 5.74) is 2.82. The first kappa shape index (κ1) is 24.9. The van der Waals surface area contributed by atoms with Gasteiger partial charge in [-0.3, -0.25) is 9.69 Å². The van der Waals surface area contributed by atoms with Crippen LogP contribution in [0.25, 0.3) is 10.9 Å². The molecule has 1 fully saturated rings. The van der Waals surface area contributed by atoms with Gasteiger partial charge < -0.3 is 14.8 Å². The van der Waals surface area contributed by atoms with Crippen LogP contribution in [-0.4, -0.2) is 72.5 Å². The quantitative estimate of drug-likeness (QED) is 0.620. The van der Waals surface area contributed by atoms with E-state index in [1.54, 1.807) is 13.4 Å². The Kier molecular flexibility index (Phi) is 7.94. The number of carbonyl (C=O) groups excluding carboxylic acids is 1. The van der Waals surface area contributed by atoms with E-state index in [-0.39, 0.29) is 12.0 Å². The van der Waals surface area contributed by atoms with E-state index < -0.39 is 0 Å². The molecule has 8 nitrogen and oxygen atoms in total. The number of halogens is 1. The first-order valence-corrected chi connectivity index (χ1v) is 13.0. The Hall–Kier alpha value is -2.81. The maximum atomic E-state index is 12.6. The summed E-state index contributed by atoms with van der Waals surface area (Å²) in [6, 6.07) is 5.88. The van der Waals surface area contributed by atoms with E-state index in [1.807, 2.05) is 24.3 Å². The normalized spacial score (nSPS) is 28.7. The Morgan fingerprint density at radius 3 is 3.03 bits per heavy atom. The number of nitrogens with zero attached hydrogens (tertiary/aromatic N) is 4. The maximum Gasteiger partial charge on any atom is 0.234 e. The predicted octanol–water partition coefficient (Wildman–Crippen LogP) is 4.17. The molecule has 3 unspecified atom stereocenters. The van der Waals surface area contributed by atoms with Crippen LogP contribution < -0.4 is 10.1 Å². The van der Waals surface area contributed by atoms with Gasteiger partial charge in [-0.2, -0.15) is 0 Å². The highest BCUT2D eigenvalue weighted by Gasteiger charge is 2.30. The fraction of sp³-hybridized carbons (Fsp3) is 0.481. The largest absolute Gasteiger partial charge is 0.494 e. The number of hydrogen-bond acceptors (Lipinski definition) is 7. The minimum Gasteiger partial charge on any atom is -0.494 e. The van der Waals surface area contributed by atoms with E-state index in [1.165, 1.54) is 0 Å². The Morgan fingerprint density at radius 2 is 2.14 bits per heavy atom. The highest BCUT2D eigenvalue weighted by molar-refractivity contribution is 6.31. The molecule has 3 atom stereocenters. The number of carbonyl (C=O) groups is 1. The monoisotopic (exact) mass is 509 g/mol. The van der Waals surface area contributed by atoms with Crippen molar-refractivity contribution in [1.29, 1.82) is 0 Å². The lowest BCUT2D eigenvalue weighted by atomic mass is 9.91. The second kappa shape index (κ2) is 11.5. The first-order chi connectivity index (χ1) is 17.6. The molecule has 1 saturated heterocycles. The lowest BCUT2D eigenvalue weighted by Gasteiger charge is -2.37. The van der Waals surface area contributed by atoms with E-state index in [0.29, 0.717) is 50.7 Å². The van der Waals surface area contributed by atoms with Crippen molar-refractivity contribution in [2.24, 2.45) is 10.9 Å². The molecule has 190 valence electrons. The summed E-state index contributed by atoms with van der Waals surface area (Å²) < 4.78 is 11.9. The molecule has 0 radical (unpaired) electrons. The molecule has 36 heavy (non-hydrogen) atoms. The molecule has 0 saturated carbocycles. The van der Waals surface area contributed by atoms with Crippen molar-refractivity contribution in [2.75, 3.05) is 39.9 Å². The second-order valence-electron chi connectivity index (χ2n) is 9.53. The van der Waals surface area contributed by atoms with E-state index in [4.69, 9.17) is 26.1 Å². The summed E-state index contributed by atoms with van der Waals surface area (Å²) in [4.78, 5) is 28.6. The summed E-state index contributed by atoms with van der Waals surface area (Å²) in [5, 5.41) is 4.71. The topological polar surface area (TPSA) is 88.9 Å². The van der Waals surface area contributed by atoms with E-state index in [9.17, 15) is 4.79 Å². The Morgan fingerprint density at radius 1 is 1.22 bits per heavy atom. The van der Waals surface area contributed by atoms with Gasteiger partial charge in [-0.1, -0.05) is 23.8 Å². The summed E-state index contributed by atoms with van der Waals surface area (Å²) in [6.07, 6.45) is 9.57. The molecular weight excluding hydrogens is 478 g/mol. The molecule has 1 aliphatic carbocycles. The van der Waals surface area contributed by atoms with Crippen LogP contribution in [0.3, 0.4) is 0 Å². The Labute approximate surface area is 216 Å². The fourth-order valence-corrected chi connectivity index (χ4v) is 5.37. The van der Waals surface area contributed by atoms with Gasteiger partial charge in [-0.05, 0) is 55.5 Å². The zero-order valence-corrected chi connectivity index (χ0v) is 21.3. The summed E-state index contributed by atoms with van der Waals surface area (Å²) in [6.45, 7) is 3.17. The molecule has 6 rings (SSSR count). The number of methoxy groups -OCH3 is 1. The lowest BCUT2D eigenvalue weighted by molar-refractivity contribution is -0.123. The number of rotatable bonds is 1. The second-order valence-corrected chi connectivity index (χ2v) is 10.0. The van der Waals surface area contributed by atoms with Crippen LogP contribution in [0, 0.1) is 5.92 Å². The van der Waals surface area contributed by atoms with E-state index in [2.05, 4.69) is 26.3 Å². The third kappa shape index (κ3) is 5.94. The van der Waals surface area contributed by atoms with Crippen molar-refractivity contribution in [1.82, 2.24) is 20.2 Å². The fourth-order valence-electron chi connectivity index (χ4n) is 5.15. The number of amides is 1. The van der Waals surface area contributed by atoms with Crippen LogP contribution >= 0.6 is 11.6 Å². The summed E-state index contributed by atoms with van der Waals surface area (Å²) in [7, 11) is 1.75. The number of aliphatic imine (C=N–C) groups is 1. The Balaban J connectivity index is 1.46. The van der Waals surface area contributed by atoms with Crippen LogP contribution in [0.15, 0.2) is 52.3 Å². The third-order valence-corrected chi connectivity index (χ3v) is 7.43. The SMILES string of the molecule is COC1CN2CCC1CCOc1ccc3ncnc(c3c1)/N=C1\CC=C(Cl)C\C1=C/CCNC(=O)C2. The molecule has 2 aromatic rings. The van der Waals surface area contributed by atoms with Crippen molar-refractivity contribution in [2.45, 2.75) is 38.2 Å². The van der Waals surface area contributed by atoms with Gasteiger partial charge in [0.2, 0.25) is 5.91 Å². The minimum atomic E-state index is 0.0387. The number of ether oxygens (including phenoxy) is 2. The van der Waals surface area contributed by atoms with Crippen LogP contribution in [0.4, 0.5) is 5.82 Å². The number of aromatic nitrogens is 2. The first-order valence-electron chi connectivity index (χ1n) is 12.6. The van der Waals surface area contributed by atoms with Crippen LogP contribution in [0.2, 0.25) is 0 Å². The molecule has 1 aromatic carbocycles. The highest BCUT2D eigenvalue weighted by atomic mass is 35.5. The number of piperidine rings is 1. The van der Waals surface area contributed by atoms with Gasteiger partial charge in [0.1, 0.15) is 12.1 Å². The van der Waals surface area contributed by atoms with Gasteiger partial charge in [-0.15, -0.1) is 0 Å². The standard InChI is InChI=1S/C27H32ClN5O3/c1-35-25-15-33-11-8-18(25)9-12-36-21-5-7-24-22(14-21)27(31-17-30-24)32-23-6-4-20(28)13-19(23)3-2-10-29-26(34)16-33/h3-5,7,14,17-18,25H,2,6,8-13,15-16H2,1H3,(H,29,34)/b19-3+,32-23+. The minimum absolute atomic E-state index is 0.0387. The van der Waals surface area contributed by atoms with Crippen LogP contribution in [0.1, 0.15) is 32.1 Å². The van der Waals surface area contributed by atoms with Gasteiger partial charge in [-0.25, -0.2) is 15.0 Å². The van der Waals surface area contributed by atoms with Crippen molar-refractivity contribution < 1.29 is 14.3 Å². The summed E-state index contributed by atoms with van der Waals surface area (Å²) >= 11 is 6.37. The maximum absolute atomic E-state index is 12.6. The molecule has 4 aliphatic rings. The summed E-state index contributed by atoms with van der Waals surface area (Å²) in [5.74, 6) is 1.82. The van der Waals surface area contributed by atoms with Crippen LogP contribution in [-0.2, 0) is 9.53 Å². The zero-order valence-electron chi connectivity index (χ0n) is 20.6. The van der Waals surface area contributed by atoms with Gasteiger partial charge >= 0.3 is 0 Å². The number of benzene rings is 1. The van der Waals surface area contributed by atoms with Gasteiger partial charge in [0.15, 0.2) is 5.82 Å². The molecule has 0 spiro atoms. The van der Waals surface area contributed by atoms with Gasteiger partial charge in [0.25, 0.3) is 0 Å². The lowest BCUT2D eigenvalue weighted by Crippen LogP contribution is -2.48. The average Bonchev–Trinajstić information content (AvgIpc) is 2.88. The third-order valence-electron chi connectivity index (χ3n) is 7.14. The molecular formula is C27H32ClN5O3. The zero-order chi connectivity index (χ0) is 24.9. The molecule has 4 heterocycles. The number of fused-ring (bicyclic) bond motifs is 9. The molecule has 1 aromatic heterocycles. The molecule has 4 bridgehead atoms. The number of nitrogens with one attached hydrogen (secondary N) is 1. The average molecular weight is 510 g/mol. The number of allylic oxidation sites excluding steroid dienone is 3.